The second-order valence-electron chi connectivity index (χ2n) is 7.27. The molecular weight excluding hydrogens is 392 g/mol. The molecule has 0 aromatic heterocycles. The number of hydrogen-bond acceptors (Lipinski definition) is 3. The first-order valence-corrected chi connectivity index (χ1v) is 9.56. The third-order valence-electron chi connectivity index (χ3n) is 3.93. The highest BCUT2D eigenvalue weighted by Gasteiger charge is 2.24. The molecule has 1 aliphatic heterocycles. The zero-order chi connectivity index (χ0) is 17.7. The minimum Gasteiger partial charge on any atom is -0.444 e. The van der Waals surface area contributed by atoms with Gasteiger partial charge in [-0.25, -0.2) is 4.79 Å². The van der Waals surface area contributed by atoms with Crippen molar-refractivity contribution in [3.8, 4) is 0 Å². The number of carbonyl (C=O) groups excluding carboxylic acids is 1. The molecular formula is C18H26BrClN2O2. The van der Waals surface area contributed by atoms with Gasteiger partial charge in [-0.15, -0.1) is 0 Å². The van der Waals surface area contributed by atoms with Crippen molar-refractivity contribution in [2.24, 2.45) is 0 Å². The van der Waals surface area contributed by atoms with Gasteiger partial charge >= 0.3 is 6.09 Å². The van der Waals surface area contributed by atoms with Crippen LogP contribution in [0.3, 0.4) is 0 Å². The number of nitrogens with zero attached hydrogens (tertiary/aromatic N) is 1. The number of piperidine rings is 1. The highest BCUT2D eigenvalue weighted by molar-refractivity contribution is 9.10. The number of ether oxygens (including phenoxy) is 1. The summed E-state index contributed by atoms with van der Waals surface area (Å²) in [6, 6.07) is 6.09. The van der Waals surface area contributed by atoms with E-state index in [4.69, 9.17) is 16.3 Å². The summed E-state index contributed by atoms with van der Waals surface area (Å²) in [4.78, 5) is 14.3. The second-order valence-corrected chi connectivity index (χ2v) is 8.59. The normalized spacial score (nSPS) is 19.1. The number of alkyl carbamates (subject to hydrolysis) is 1. The topological polar surface area (TPSA) is 41.6 Å². The molecule has 4 nitrogen and oxygen atoms in total. The Balaban J connectivity index is 1.82. The Morgan fingerprint density at radius 3 is 2.92 bits per heavy atom. The zero-order valence-electron chi connectivity index (χ0n) is 14.6. The van der Waals surface area contributed by atoms with Crippen molar-refractivity contribution in [1.29, 1.82) is 0 Å². The fourth-order valence-corrected chi connectivity index (χ4v) is 3.48. The Kier molecular flexibility index (Phi) is 6.96. The molecule has 0 spiro atoms. The van der Waals surface area contributed by atoms with E-state index in [0.717, 1.165) is 54.0 Å². The molecule has 1 N–H and O–H groups in total. The lowest BCUT2D eigenvalue weighted by Crippen LogP contribution is -2.49. The molecule has 1 saturated heterocycles. The molecule has 2 rings (SSSR count). The molecule has 1 unspecified atom stereocenters. The van der Waals surface area contributed by atoms with Crippen LogP contribution in [0.15, 0.2) is 22.7 Å². The summed E-state index contributed by atoms with van der Waals surface area (Å²) in [5, 5.41) is 3.79. The van der Waals surface area contributed by atoms with E-state index >= 15 is 0 Å². The Morgan fingerprint density at radius 2 is 2.21 bits per heavy atom. The third-order valence-corrected chi connectivity index (χ3v) is 4.79. The van der Waals surface area contributed by atoms with Crippen LogP contribution in [-0.2, 0) is 11.2 Å². The number of hydrogen-bond donors (Lipinski definition) is 1. The average molecular weight is 418 g/mol. The molecule has 6 heteroatoms. The maximum absolute atomic E-state index is 11.9. The molecule has 24 heavy (non-hydrogen) atoms. The maximum Gasteiger partial charge on any atom is 0.407 e. The third kappa shape index (κ3) is 6.61. The Labute approximate surface area is 158 Å². The first-order chi connectivity index (χ1) is 11.2. The van der Waals surface area contributed by atoms with Crippen LogP contribution in [0.5, 0.6) is 0 Å². The molecule has 0 bridgehead atoms. The van der Waals surface area contributed by atoms with Crippen LogP contribution in [0, 0.1) is 0 Å². The van der Waals surface area contributed by atoms with E-state index in [1.807, 2.05) is 32.9 Å². The van der Waals surface area contributed by atoms with Crippen molar-refractivity contribution in [3.05, 3.63) is 33.3 Å². The van der Waals surface area contributed by atoms with Gasteiger partial charge < -0.3 is 15.0 Å². The van der Waals surface area contributed by atoms with Gasteiger partial charge in [0, 0.05) is 28.6 Å². The molecule has 1 aliphatic rings. The first-order valence-electron chi connectivity index (χ1n) is 8.39. The molecule has 1 atom stereocenters. The van der Waals surface area contributed by atoms with Crippen LogP contribution < -0.4 is 5.32 Å². The lowest BCUT2D eigenvalue weighted by Gasteiger charge is -2.33. The van der Waals surface area contributed by atoms with E-state index in [1.165, 1.54) is 0 Å². The maximum atomic E-state index is 11.9. The summed E-state index contributed by atoms with van der Waals surface area (Å²) < 4.78 is 6.39. The van der Waals surface area contributed by atoms with Crippen molar-refractivity contribution in [1.82, 2.24) is 10.2 Å². The van der Waals surface area contributed by atoms with Crippen LogP contribution in [0.4, 0.5) is 4.79 Å². The van der Waals surface area contributed by atoms with Gasteiger partial charge in [-0.2, -0.15) is 0 Å². The highest BCUT2D eigenvalue weighted by atomic mass is 79.9. The average Bonchev–Trinajstić information content (AvgIpc) is 2.46. The van der Waals surface area contributed by atoms with Crippen molar-refractivity contribution < 1.29 is 9.53 Å². The molecule has 1 aromatic rings. The van der Waals surface area contributed by atoms with E-state index in [-0.39, 0.29) is 12.1 Å². The Bertz CT molecular complexity index is 575. The number of carbonyl (C=O) groups is 1. The number of amides is 1. The van der Waals surface area contributed by atoms with Gasteiger partial charge in [0.2, 0.25) is 0 Å². The molecule has 1 fully saturated rings. The van der Waals surface area contributed by atoms with Crippen LogP contribution in [0.1, 0.15) is 39.2 Å². The van der Waals surface area contributed by atoms with E-state index in [0.29, 0.717) is 0 Å². The molecule has 1 heterocycles. The van der Waals surface area contributed by atoms with Crippen molar-refractivity contribution in [2.75, 3.05) is 19.6 Å². The lowest BCUT2D eigenvalue weighted by atomic mass is 10.0. The summed E-state index contributed by atoms with van der Waals surface area (Å²) in [6.07, 6.45) is 2.64. The van der Waals surface area contributed by atoms with E-state index < -0.39 is 5.60 Å². The van der Waals surface area contributed by atoms with Crippen LogP contribution in [0.25, 0.3) is 0 Å². The molecule has 134 valence electrons. The summed E-state index contributed by atoms with van der Waals surface area (Å²) in [5.74, 6) is 0. The fourth-order valence-electron chi connectivity index (χ4n) is 2.86. The predicted octanol–water partition coefficient (Wildman–Crippen LogP) is 4.63. The molecule has 0 aliphatic carbocycles. The summed E-state index contributed by atoms with van der Waals surface area (Å²) in [7, 11) is 0. The van der Waals surface area contributed by atoms with Gasteiger partial charge in [-0.1, -0.05) is 27.5 Å². The molecule has 0 saturated carbocycles. The molecule has 1 aromatic carbocycles. The van der Waals surface area contributed by atoms with Gasteiger partial charge in [0.15, 0.2) is 0 Å². The number of nitrogens with one attached hydrogen (secondary N) is 1. The Hall–Kier alpha value is -0.780. The van der Waals surface area contributed by atoms with Gasteiger partial charge in [0.1, 0.15) is 5.60 Å². The standard InChI is InChI=1S/C18H26BrClN2O2/c1-18(2,3)24-17(23)21-15-5-4-9-22(12-15)10-8-13-11-14(19)6-7-16(13)20/h6-7,11,15H,4-5,8-10,12H2,1-3H3,(H,21,23). The SMILES string of the molecule is CC(C)(C)OC(=O)NC1CCCN(CCc2cc(Br)ccc2Cl)C1. The van der Waals surface area contributed by atoms with Crippen molar-refractivity contribution in [2.45, 2.75) is 51.7 Å². The molecule has 1 amide bonds. The summed E-state index contributed by atoms with van der Waals surface area (Å²) in [6.45, 7) is 8.47. The zero-order valence-corrected chi connectivity index (χ0v) is 16.9. The number of halogens is 2. The van der Waals surface area contributed by atoms with E-state index in [2.05, 4.69) is 32.2 Å². The lowest BCUT2D eigenvalue weighted by molar-refractivity contribution is 0.0472. The number of rotatable bonds is 4. The predicted molar refractivity (Wildman–Crippen MR) is 102 cm³/mol. The van der Waals surface area contributed by atoms with Gasteiger partial charge in [0.25, 0.3) is 0 Å². The van der Waals surface area contributed by atoms with Crippen molar-refractivity contribution in [3.63, 3.8) is 0 Å². The number of benzene rings is 1. The monoisotopic (exact) mass is 416 g/mol. The van der Waals surface area contributed by atoms with Crippen LogP contribution >= 0.6 is 27.5 Å². The Morgan fingerprint density at radius 1 is 1.46 bits per heavy atom. The van der Waals surface area contributed by atoms with Gasteiger partial charge in [-0.3, -0.25) is 0 Å². The van der Waals surface area contributed by atoms with E-state index in [1.54, 1.807) is 0 Å². The summed E-state index contributed by atoms with van der Waals surface area (Å²) >= 11 is 9.75. The minimum atomic E-state index is -0.462. The first kappa shape index (κ1) is 19.5. The second kappa shape index (κ2) is 8.54. The van der Waals surface area contributed by atoms with Crippen LogP contribution in [0.2, 0.25) is 5.02 Å². The highest BCUT2D eigenvalue weighted by Crippen LogP contribution is 2.22. The van der Waals surface area contributed by atoms with Gasteiger partial charge in [-0.05, 0) is 70.3 Å². The largest absolute Gasteiger partial charge is 0.444 e. The van der Waals surface area contributed by atoms with Crippen molar-refractivity contribution >= 4 is 33.6 Å². The molecule has 0 radical (unpaired) electrons. The quantitative estimate of drug-likeness (QED) is 0.776. The van der Waals surface area contributed by atoms with Crippen LogP contribution in [-0.4, -0.2) is 42.3 Å². The summed E-state index contributed by atoms with van der Waals surface area (Å²) in [5.41, 5.74) is 0.684. The fraction of sp³-hybridized carbons (Fsp3) is 0.611. The van der Waals surface area contributed by atoms with E-state index in [9.17, 15) is 4.79 Å². The number of likely N-dealkylation sites (tertiary alicyclic amines) is 1. The minimum absolute atomic E-state index is 0.145. The smallest absolute Gasteiger partial charge is 0.407 e. The van der Waals surface area contributed by atoms with Gasteiger partial charge in [0.05, 0.1) is 0 Å².